The quantitative estimate of drug-likeness (QED) is 0.781. The topological polar surface area (TPSA) is 53.2 Å². The van der Waals surface area contributed by atoms with Gasteiger partial charge in [-0.1, -0.05) is 0 Å². The summed E-state index contributed by atoms with van der Waals surface area (Å²) in [6.45, 7) is 4.80. The lowest BCUT2D eigenvalue weighted by Gasteiger charge is -2.08. The Bertz CT molecular complexity index is 668. The van der Waals surface area contributed by atoms with E-state index in [1.54, 1.807) is 36.7 Å². The first-order chi connectivity index (χ1) is 9.17. The van der Waals surface area contributed by atoms with Gasteiger partial charge in [-0.2, -0.15) is 0 Å². The molecule has 1 heterocycles. The van der Waals surface area contributed by atoms with Crippen LogP contribution in [0.4, 0.5) is 0 Å². The van der Waals surface area contributed by atoms with Crippen LogP contribution in [0.2, 0.25) is 0 Å². The summed E-state index contributed by atoms with van der Waals surface area (Å²) < 4.78 is 8.05. The summed E-state index contributed by atoms with van der Waals surface area (Å²) in [7, 11) is 0. The molecule has 0 saturated heterocycles. The van der Waals surface area contributed by atoms with E-state index in [0.29, 0.717) is 18.8 Å². The number of hydrogen-bond acceptors (Lipinski definition) is 3. The van der Waals surface area contributed by atoms with E-state index in [0.717, 1.165) is 5.75 Å². The average molecular weight is 260 g/mol. The fraction of sp³-hybridized carbons (Fsp3) is 0.286. The number of rotatable bonds is 4. The van der Waals surface area contributed by atoms with E-state index < -0.39 is 11.1 Å². The number of ether oxygens (including phenoxy) is 1. The zero-order valence-electron chi connectivity index (χ0n) is 11.0. The molecule has 0 aliphatic rings. The van der Waals surface area contributed by atoms with Gasteiger partial charge in [0.25, 0.3) is 0 Å². The summed E-state index contributed by atoms with van der Waals surface area (Å²) in [5.74, 6) is 0.737. The highest BCUT2D eigenvalue weighted by Crippen LogP contribution is 2.13. The third-order valence-electron chi connectivity index (χ3n) is 2.82. The molecular weight excluding hydrogens is 244 g/mol. The Morgan fingerprint density at radius 3 is 2.26 bits per heavy atom. The standard InChI is InChI=1S/C14H16N2O3/c1-3-15-9-10-16(14(18)13(15)17)11-5-7-12(8-6-11)19-4-2/h5-10H,3-4H2,1-2H3. The lowest BCUT2D eigenvalue weighted by atomic mass is 10.3. The van der Waals surface area contributed by atoms with Gasteiger partial charge in [0, 0.05) is 24.6 Å². The molecule has 0 bridgehead atoms. The molecule has 5 heteroatoms. The highest BCUT2D eigenvalue weighted by atomic mass is 16.5. The average Bonchev–Trinajstić information content (AvgIpc) is 2.43. The zero-order valence-corrected chi connectivity index (χ0v) is 11.0. The minimum Gasteiger partial charge on any atom is -0.494 e. The molecule has 0 amide bonds. The molecule has 0 atom stereocenters. The highest BCUT2D eigenvalue weighted by Gasteiger charge is 2.05. The Kier molecular flexibility index (Phi) is 3.85. The molecule has 5 nitrogen and oxygen atoms in total. The molecule has 0 unspecified atom stereocenters. The molecule has 0 radical (unpaired) electrons. The van der Waals surface area contributed by atoms with Gasteiger partial charge in [0.15, 0.2) is 0 Å². The van der Waals surface area contributed by atoms with Crippen LogP contribution in [-0.4, -0.2) is 15.7 Å². The fourth-order valence-electron chi connectivity index (χ4n) is 1.83. The molecular formula is C14H16N2O3. The SMILES string of the molecule is CCOc1ccc(-n2ccn(CC)c(=O)c2=O)cc1. The summed E-state index contributed by atoms with van der Waals surface area (Å²) in [6, 6.07) is 7.05. The second-order valence-corrected chi connectivity index (χ2v) is 3.99. The molecule has 0 spiro atoms. The van der Waals surface area contributed by atoms with Gasteiger partial charge >= 0.3 is 11.1 Å². The van der Waals surface area contributed by atoms with Crippen LogP contribution in [0.5, 0.6) is 5.75 Å². The number of hydrogen-bond donors (Lipinski definition) is 0. The van der Waals surface area contributed by atoms with E-state index in [1.165, 1.54) is 9.13 Å². The predicted octanol–water partition coefficient (Wildman–Crippen LogP) is 1.42. The van der Waals surface area contributed by atoms with Crippen molar-refractivity contribution in [2.75, 3.05) is 6.61 Å². The molecule has 0 N–H and O–H groups in total. The van der Waals surface area contributed by atoms with E-state index in [-0.39, 0.29) is 0 Å². The van der Waals surface area contributed by atoms with Crippen LogP contribution >= 0.6 is 0 Å². The summed E-state index contributed by atoms with van der Waals surface area (Å²) in [4.78, 5) is 23.7. The fourth-order valence-corrected chi connectivity index (χ4v) is 1.83. The number of benzene rings is 1. The van der Waals surface area contributed by atoms with Crippen molar-refractivity contribution in [2.45, 2.75) is 20.4 Å². The van der Waals surface area contributed by atoms with Gasteiger partial charge < -0.3 is 9.30 Å². The Balaban J connectivity index is 2.45. The molecule has 2 rings (SSSR count). The molecule has 0 aliphatic carbocycles. The maximum Gasteiger partial charge on any atom is 0.320 e. The van der Waals surface area contributed by atoms with E-state index in [2.05, 4.69) is 0 Å². The van der Waals surface area contributed by atoms with Crippen molar-refractivity contribution in [3.63, 3.8) is 0 Å². The lowest BCUT2D eigenvalue weighted by Crippen LogP contribution is -2.39. The van der Waals surface area contributed by atoms with Gasteiger partial charge in [0.1, 0.15) is 5.75 Å². The van der Waals surface area contributed by atoms with Gasteiger partial charge in [-0.15, -0.1) is 0 Å². The van der Waals surface area contributed by atoms with Crippen molar-refractivity contribution in [2.24, 2.45) is 0 Å². The summed E-state index contributed by atoms with van der Waals surface area (Å²) >= 11 is 0. The van der Waals surface area contributed by atoms with Crippen molar-refractivity contribution in [3.05, 3.63) is 57.4 Å². The van der Waals surface area contributed by atoms with Gasteiger partial charge in [-0.05, 0) is 38.1 Å². The second kappa shape index (κ2) is 5.56. The Morgan fingerprint density at radius 1 is 1.00 bits per heavy atom. The van der Waals surface area contributed by atoms with Crippen LogP contribution in [0.3, 0.4) is 0 Å². The molecule has 19 heavy (non-hydrogen) atoms. The smallest absolute Gasteiger partial charge is 0.320 e. The van der Waals surface area contributed by atoms with Gasteiger partial charge in [0.05, 0.1) is 6.61 Å². The highest BCUT2D eigenvalue weighted by molar-refractivity contribution is 5.37. The van der Waals surface area contributed by atoms with Crippen molar-refractivity contribution in [1.29, 1.82) is 0 Å². The van der Waals surface area contributed by atoms with Crippen molar-refractivity contribution >= 4 is 0 Å². The van der Waals surface area contributed by atoms with E-state index >= 15 is 0 Å². The first-order valence-electron chi connectivity index (χ1n) is 6.22. The molecule has 2 aromatic rings. The number of aryl methyl sites for hydroxylation is 1. The maximum atomic E-state index is 12.0. The first-order valence-corrected chi connectivity index (χ1v) is 6.22. The van der Waals surface area contributed by atoms with Crippen LogP contribution in [0.25, 0.3) is 5.69 Å². The molecule has 1 aromatic heterocycles. The Morgan fingerprint density at radius 2 is 1.68 bits per heavy atom. The van der Waals surface area contributed by atoms with Crippen molar-refractivity contribution in [3.8, 4) is 11.4 Å². The zero-order chi connectivity index (χ0) is 13.8. The van der Waals surface area contributed by atoms with Crippen LogP contribution in [0.1, 0.15) is 13.8 Å². The molecule has 0 saturated carbocycles. The number of aromatic nitrogens is 2. The summed E-state index contributed by atoms with van der Waals surface area (Å²) in [6.07, 6.45) is 3.21. The van der Waals surface area contributed by atoms with Crippen LogP contribution in [-0.2, 0) is 6.54 Å². The van der Waals surface area contributed by atoms with Gasteiger partial charge in [-0.3, -0.25) is 14.2 Å². The lowest BCUT2D eigenvalue weighted by molar-refractivity contribution is 0.340. The van der Waals surface area contributed by atoms with Crippen molar-refractivity contribution < 1.29 is 4.74 Å². The normalized spacial score (nSPS) is 10.4. The Labute approximate surface area is 110 Å². The van der Waals surface area contributed by atoms with Gasteiger partial charge in [-0.25, -0.2) is 0 Å². The molecule has 1 aromatic carbocycles. The van der Waals surface area contributed by atoms with Crippen LogP contribution < -0.4 is 15.9 Å². The predicted molar refractivity (Wildman–Crippen MR) is 73.1 cm³/mol. The monoisotopic (exact) mass is 260 g/mol. The van der Waals surface area contributed by atoms with Crippen LogP contribution in [0.15, 0.2) is 46.2 Å². The second-order valence-electron chi connectivity index (χ2n) is 3.99. The molecule has 0 fully saturated rings. The molecule has 0 aliphatic heterocycles. The summed E-state index contributed by atoms with van der Waals surface area (Å²) in [5.41, 5.74) is -0.416. The van der Waals surface area contributed by atoms with Crippen LogP contribution in [0, 0.1) is 0 Å². The van der Waals surface area contributed by atoms with Crippen molar-refractivity contribution in [1.82, 2.24) is 9.13 Å². The van der Waals surface area contributed by atoms with Gasteiger partial charge in [0.2, 0.25) is 0 Å². The third-order valence-corrected chi connectivity index (χ3v) is 2.82. The summed E-state index contributed by atoms with van der Waals surface area (Å²) in [5, 5.41) is 0. The maximum absolute atomic E-state index is 12.0. The largest absolute Gasteiger partial charge is 0.494 e. The molecule has 100 valence electrons. The number of nitrogens with zero attached hydrogens (tertiary/aromatic N) is 2. The first kappa shape index (κ1) is 13.1. The Hall–Kier alpha value is -2.30. The third kappa shape index (κ3) is 2.59. The minimum absolute atomic E-state index is 0.484. The van der Waals surface area contributed by atoms with E-state index in [9.17, 15) is 9.59 Å². The minimum atomic E-state index is -0.548. The van der Waals surface area contributed by atoms with E-state index in [4.69, 9.17) is 4.74 Å². The van der Waals surface area contributed by atoms with E-state index in [1.807, 2.05) is 13.8 Å².